The first-order valence-electron chi connectivity index (χ1n) is 7.71. The van der Waals surface area contributed by atoms with Gasteiger partial charge >= 0.3 is 0 Å². The van der Waals surface area contributed by atoms with Crippen LogP contribution in [0.3, 0.4) is 0 Å². The van der Waals surface area contributed by atoms with Crippen molar-refractivity contribution in [2.24, 2.45) is 0 Å². The standard InChI is InChI=1S/C19H16ClNO2S/c1-2-12-21-18(22)16(13-6-4-3-5-7-13)17(19(21)23)24-15-10-8-14(20)9-11-15/h3-11H,2,12H2,1H3. The number of nitrogens with zero attached hydrogens (tertiary/aromatic N) is 1. The van der Waals surface area contributed by atoms with Gasteiger partial charge in [0.05, 0.1) is 10.5 Å². The van der Waals surface area contributed by atoms with Crippen molar-refractivity contribution in [2.45, 2.75) is 18.2 Å². The van der Waals surface area contributed by atoms with Crippen LogP contribution in [0.5, 0.6) is 0 Å². The molecule has 1 aliphatic heterocycles. The molecular formula is C19H16ClNO2S. The third-order valence-corrected chi connectivity index (χ3v) is 5.01. The summed E-state index contributed by atoms with van der Waals surface area (Å²) in [7, 11) is 0. The van der Waals surface area contributed by atoms with Crippen molar-refractivity contribution in [3.63, 3.8) is 0 Å². The van der Waals surface area contributed by atoms with Crippen LogP contribution in [0, 0.1) is 0 Å². The van der Waals surface area contributed by atoms with Gasteiger partial charge in [0, 0.05) is 16.5 Å². The lowest BCUT2D eigenvalue weighted by Crippen LogP contribution is -2.32. The van der Waals surface area contributed by atoms with Gasteiger partial charge in [0.25, 0.3) is 11.8 Å². The van der Waals surface area contributed by atoms with E-state index in [4.69, 9.17) is 11.6 Å². The van der Waals surface area contributed by atoms with Gasteiger partial charge in [0.1, 0.15) is 0 Å². The molecule has 0 aromatic heterocycles. The summed E-state index contributed by atoms with van der Waals surface area (Å²) in [5.41, 5.74) is 1.25. The highest BCUT2D eigenvalue weighted by Gasteiger charge is 2.38. The lowest BCUT2D eigenvalue weighted by Gasteiger charge is -2.13. The average Bonchev–Trinajstić information content (AvgIpc) is 2.82. The van der Waals surface area contributed by atoms with Crippen molar-refractivity contribution in [1.29, 1.82) is 0 Å². The molecule has 0 N–H and O–H groups in total. The van der Waals surface area contributed by atoms with Crippen LogP contribution in [0.2, 0.25) is 5.02 Å². The van der Waals surface area contributed by atoms with Gasteiger partial charge in [-0.3, -0.25) is 14.5 Å². The van der Waals surface area contributed by atoms with E-state index >= 15 is 0 Å². The molecule has 0 radical (unpaired) electrons. The van der Waals surface area contributed by atoms with Gasteiger partial charge in [-0.15, -0.1) is 0 Å². The molecule has 0 aliphatic carbocycles. The molecule has 0 saturated carbocycles. The molecule has 2 aromatic rings. The number of imide groups is 1. The maximum Gasteiger partial charge on any atom is 0.268 e. The first-order chi connectivity index (χ1) is 11.6. The fraction of sp³-hybridized carbons (Fsp3) is 0.158. The topological polar surface area (TPSA) is 37.4 Å². The normalized spacial score (nSPS) is 14.7. The van der Waals surface area contributed by atoms with Crippen LogP contribution in [0.15, 0.2) is 64.4 Å². The molecule has 2 aromatic carbocycles. The smallest absolute Gasteiger partial charge is 0.268 e. The number of rotatable bonds is 5. The Kier molecular flexibility index (Phi) is 5.07. The van der Waals surface area contributed by atoms with E-state index in [9.17, 15) is 9.59 Å². The zero-order valence-corrected chi connectivity index (χ0v) is 14.7. The molecule has 0 fully saturated rings. The van der Waals surface area contributed by atoms with E-state index in [2.05, 4.69) is 0 Å². The minimum atomic E-state index is -0.222. The maximum absolute atomic E-state index is 12.8. The van der Waals surface area contributed by atoms with Crippen molar-refractivity contribution in [1.82, 2.24) is 4.90 Å². The number of carbonyl (C=O) groups is 2. The average molecular weight is 358 g/mol. The lowest BCUT2D eigenvalue weighted by molar-refractivity contribution is -0.136. The Morgan fingerprint density at radius 1 is 0.958 bits per heavy atom. The molecular weight excluding hydrogens is 342 g/mol. The Morgan fingerprint density at radius 3 is 2.25 bits per heavy atom. The van der Waals surface area contributed by atoms with Crippen LogP contribution < -0.4 is 0 Å². The number of thioether (sulfide) groups is 1. The summed E-state index contributed by atoms with van der Waals surface area (Å²) in [6, 6.07) is 16.6. The molecule has 2 amide bonds. The molecule has 0 saturated heterocycles. The van der Waals surface area contributed by atoms with Crippen LogP contribution >= 0.6 is 23.4 Å². The minimum absolute atomic E-state index is 0.218. The Morgan fingerprint density at radius 2 is 1.62 bits per heavy atom. The summed E-state index contributed by atoms with van der Waals surface area (Å²) in [4.78, 5) is 28.2. The first-order valence-corrected chi connectivity index (χ1v) is 8.90. The minimum Gasteiger partial charge on any atom is -0.274 e. The predicted molar refractivity (Wildman–Crippen MR) is 97.7 cm³/mol. The fourth-order valence-electron chi connectivity index (χ4n) is 2.56. The second-order valence-electron chi connectivity index (χ2n) is 5.39. The molecule has 3 rings (SSSR count). The number of halogens is 1. The second-order valence-corrected chi connectivity index (χ2v) is 6.91. The zero-order valence-electron chi connectivity index (χ0n) is 13.2. The summed E-state index contributed by atoms with van der Waals surface area (Å²) in [5, 5.41) is 0.637. The second kappa shape index (κ2) is 7.24. The number of amides is 2. The van der Waals surface area contributed by atoms with Crippen molar-refractivity contribution in [2.75, 3.05) is 6.54 Å². The summed E-state index contributed by atoms with van der Waals surface area (Å²) in [5.74, 6) is -0.440. The third kappa shape index (κ3) is 3.25. The summed E-state index contributed by atoms with van der Waals surface area (Å²) in [6.07, 6.45) is 0.735. The quantitative estimate of drug-likeness (QED) is 0.732. The van der Waals surface area contributed by atoms with Gasteiger partial charge in [-0.2, -0.15) is 0 Å². The van der Waals surface area contributed by atoms with E-state index in [1.165, 1.54) is 16.7 Å². The SMILES string of the molecule is CCCN1C(=O)C(Sc2ccc(Cl)cc2)=C(c2ccccc2)C1=O. The predicted octanol–water partition coefficient (Wildman–Crippen LogP) is 4.62. The molecule has 0 atom stereocenters. The highest BCUT2D eigenvalue weighted by molar-refractivity contribution is 8.04. The fourth-order valence-corrected chi connectivity index (χ4v) is 3.69. The van der Waals surface area contributed by atoms with Crippen LogP contribution in [-0.4, -0.2) is 23.3 Å². The van der Waals surface area contributed by atoms with Crippen LogP contribution in [-0.2, 0) is 9.59 Å². The Hall–Kier alpha value is -2.04. The highest BCUT2D eigenvalue weighted by atomic mass is 35.5. The summed E-state index contributed by atoms with van der Waals surface area (Å²) < 4.78 is 0. The van der Waals surface area contributed by atoms with E-state index in [1.807, 2.05) is 49.4 Å². The highest BCUT2D eigenvalue weighted by Crippen LogP contribution is 2.39. The van der Waals surface area contributed by atoms with Gasteiger partial charge in [0.15, 0.2) is 0 Å². The number of carbonyl (C=O) groups excluding carboxylic acids is 2. The Balaban J connectivity index is 2.04. The molecule has 0 unspecified atom stereocenters. The molecule has 5 heteroatoms. The molecule has 1 aliphatic rings. The molecule has 1 heterocycles. The summed E-state index contributed by atoms with van der Waals surface area (Å²) >= 11 is 7.23. The number of benzene rings is 2. The van der Waals surface area contributed by atoms with E-state index in [1.54, 1.807) is 12.1 Å². The van der Waals surface area contributed by atoms with Crippen molar-refractivity contribution < 1.29 is 9.59 Å². The monoisotopic (exact) mass is 357 g/mol. The summed E-state index contributed by atoms with van der Waals surface area (Å²) in [6.45, 7) is 2.38. The van der Waals surface area contributed by atoms with Gasteiger partial charge in [-0.1, -0.05) is 60.6 Å². The Bertz CT molecular complexity index is 800. The van der Waals surface area contributed by atoms with Crippen molar-refractivity contribution in [3.05, 3.63) is 70.1 Å². The van der Waals surface area contributed by atoms with Gasteiger partial charge in [-0.25, -0.2) is 0 Å². The van der Waals surface area contributed by atoms with Gasteiger partial charge < -0.3 is 0 Å². The third-order valence-electron chi connectivity index (χ3n) is 3.67. The molecule has 0 spiro atoms. The van der Waals surface area contributed by atoms with Gasteiger partial charge in [-0.05, 0) is 36.2 Å². The van der Waals surface area contributed by atoms with Crippen LogP contribution in [0.4, 0.5) is 0 Å². The Labute approximate surface area is 150 Å². The number of hydrogen-bond acceptors (Lipinski definition) is 3. The van der Waals surface area contributed by atoms with Gasteiger partial charge in [0.2, 0.25) is 0 Å². The van der Waals surface area contributed by atoms with E-state index < -0.39 is 0 Å². The van der Waals surface area contributed by atoms with Crippen molar-refractivity contribution in [3.8, 4) is 0 Å². The largest absolute Gasteiger partial charge is 0.274 e. The molecule has 3 nitrogen and oxygen atoms in total. The molecule has 122 valence electrons. The van der Waals surface area contributed by atoms with Crippen molar-refractivity contribution >= 4 is 40.8 Å². The lowest BCUT2D eigenvalue weighted by atomic mass is 10.1. The van der Waals surface area contributed by atoms with E-state index in [0.717, 1.165) is 16.9 Å². The first kappa shape index (κ1) is 16.8. The zero-order chi connectivity index (χ0) is 17.1. The van der Waals surface area contributed by atoms with E-state index in [0.29, 0.717) is 22.0 Å². The molecule has 0 bridgehead atoms. The van der Waals surface area contributed by atoms with E-state index in [-0.39, 0.29) is 11.8 Å². The van der Waals surface area contributed by atoms with Crippen LogP contribution in [0.25, 0.3) is 5.57 Å². The maximum atomic E-state index is 12.8. The molecule has 24 heavy (non-hydrogen) atoms. The van der Waals surface area contributed by atoms with Crippen LogP contribution in [0.1, 0.15) is 18.9 Å². The number of hydrogen-bond donors (Lipinski definition) is 0.